The lowest BCUT2D eigenvalue weighted by Gasteiger charge is -2.25. The number of hydrogen-bond acceptors (Lipinski definition) is 6. The predicted molar refractivity (Wildman–Crippen MR) is 136 cm³/mol. The molecule has 3 aromatic rings. The Morgan fingerprint density at radius 2 is 1.54 bits per heavy atom. The molecule has 1 atom stereocenters. The number of ketones is 1. The minimum atomic E-state index is -0.798. The Morgan fingerprint density at radius 1 is 0.919 bits per heavy atom. The fourth-order valence-corrected chi connectivity index (χ4v) is 4.17. The first kappa shape index (κ1) is 25.9. The molecule has 1 aliphatic rings. The van der Waals surface area contributed by atoms with Gasteiger partial charge in [-0.1, -0.05) is 24.3 Å². The number of amides is 1. The minimum absolute atomic E-state index is 0.00486. The van der Waals surface area contributed by atoms with E-state index < -0.39 is 17.7 Å². The van der Waals surface area contributed by atoms with Crippen LogP contribution in [0.15, 0.2) is 78.4 Å². The fourth-order valence-electron chi connectivity index (χ4n) is 4.17. The van der Waals surface area contributed by atoms with Crippen LogP contribution in [0.25, 0.3) is 5.76 Å². The van der Waals surface area contributed by atoms with Crippen molar-refractivity contribution >= 4 is 17.4 Å². The zero-order valence-electron chi connectivity index (χ0n) is 20.6. The van der Waals surface area contributed by atoms with Gasteiger partial charge in [0.2, 0.25) is 0 Å². The zero-order valence-corrected chi connectivity index (χ0v) is 20.6. The summed E-state index contributed by atoms with van der Waals surface area (Å²) in [7, 11) is 1.51. The van der Waals surface area contributed by atoms with Crippen LogP contribution in [-0.4, -0.2) is 48.6 Å². The van der Waals surface area contributed by atoms with Gasteiger partial charge >= 0.3 is 0 Å². The van der Waals surface area contributed by atoms with E-state index in [2.05, 4.69) is 0 Å². The van der Waals surface area contributed by atoms with Gasteiger partial charge in [0.1, 0.15) is 29.7 Å². The summed E-state index contributed by atoms with van der Waals surface area (Å²) in [5.74, 6) is -0.844. The molecule has 0 bridgehead atoms. The lowest BCUT2D eigenvalue weighted by molar-refractivity contribution is -0.140. The second-order valence-electron chi connectivity index (χ2n) is 8.43. The molecule has 1 saturated heterocycles. The van der Waals surface area contributed by atoms with Gasteiger partial charge in [0.25, 0.3) is 11.7 Å². The topological polar surface area (TPSA) is 85.3 Å². The Bertz CT molecular complexity index is 1270. The van der Waals surface area contributed by atoms with E-state index in [1.54, 1.807) is 60.7 Å². The summed E-state index contributed by atoms with van der Waals surface area (Å²) >= 11 is 0. The number of aliphatic hydroxyl groups excluding tert-OH is 1. The van der Waals surface area contributed by atoms with E-state index in [0.29, 0.717) is 29.2 Å². The monoisotopic (exact) mass is 505 g/mol. The number of carbonyl (C=O) groups excluding carboxylic acids is 2. The molecule has 1 N–H and O–H groups in total. The number of Topliss-reactive ketones (excluding diaryl/α,β-unsaturated/α-hetero) is 1. The molecule has 1 fully saturated rings. The quantitative estimate of drug-likeness (QED) is 0.240. The molecule has 1 aliphatic heterocycles. The summed E-state index contributed by atoms with van der Waals surface area (Å²) in [5, 5.41) is 11.1. The van der Waals surface area contributed by atoms with Crippen molar-refractivity contribution in [3.63, 3.8) is 0 Å². The summed E-state index contributed by atoms with van der Waals surface area (Å²) < 4.78 is 29.5. The molecule has 0 spiro atoms. The van der Waals surface area contributed by atoms with E-state index in [0.717, 1.165) is 5.56 Å². The van der Waals surface area contributed by atoms with Crippen molar-refractivity contribution in [1.29, 1.82) is 0 Å². The van der Waals surface area contributed by atoms with E-state index >= 15 is 0 Å². The second-order valence-corrected chi connectivity index (χ2v) is 8.43. The molecular weight excluding hydrogens is 477 g/mol. The number of aliphatic hydroxyl groups is 1. The molecular formula is C29H28FNO6. The Balaban J connectivity index is 1.64. The third-order valence-corrected chi connectivity index (χ3v) is 6.03. The Morgan fingerprint density at radius 3 is 2.16 bits per heavy atom. The van der Waals surface area contributed by atoms with Crippen molar-refractivity contribution in [2.75, 3.05) is 26.9 Å². The third-order valence-electron chi connectivity index (χ3n) is 6.03. The van der Waals surface area contributed by atoms with Crippen LogP contribution in [0, 0.1) is 5.82 Å². The van der Waals surface area contributed by atoms with Crippen LogP contribution in [0.4, 0.5) is 4.39 Å². The SMILES string of the molecule is CCOc1ccc(/C(O)=C2/C(=O)C(=O)N(CCOC)C2c2ccc(OCc3ccc(F)cc3)cc2)cc1. The Kier molecular flexibility index (Phi) is 8.20. The molecule has 1 amide bonds. The van der Waals surface area contributed by atoms with Gasteiger partial charge in [0.15, 0.2) is 0 Å². The number of nitrogens with zero attached hydrogens (tertiary/aromatic N) is 1. The van der Waals surface area contributed by atoms with E-state index in [4.69, 9.17) is 14.2 Å². The highest BCUT2D eigenvalue weighted by Crippen LogP contribution is 2.39. The number of rotatable bonds is 10. The van der Waals surface area contributed by atoms with Crippen LogP contribution < -0.4 is 9.47 Å². The smallest absolute Gasteiger partial charge is 0.295 e. The Labute approximate surface area is 214 Å². The highest BCUT2D eigenvalue weighted by Gasteiger charge is 2.45. The summed E-state index contributed by atoms with van der Waals surface area (Å²) in [4.78, 5) is 27.4. The molecule has 0 saturated carbocycles. The van der Waals surface area contributed by atoms with Crippen molar-refractivity contribution in [3.8, 4) is 11.5 Å². The maximum atomic E-state index is 13.1. The lowest BCUT2D eigenvalue weighted by atomic mass is 9.95. The Hall–Kier alpha value is -4.17. The molecule has 8 heteroatoms. The van der Waals surface area contributed by atoms with E-state index in [-0.39, 0.29) is 36.9 Å². The van der Waals surface area contributed by atoms with Crippen molar-refractivity contribution in [2.45, 2.75) is 19.6 Å². The maximum Gasteiger partial charge on any atom is 0.295 e. The van der Waals surface area contributed by atoms with Gasteiger partial charge in [-0.3, -0.25) is 9.59 Å². The van der Waals surface area contributed by atoms with Gasteiger partial charge in [-0.25, -0.2) is 4.39 Å². The first-order valence-corrected chi connectivity index (χ1v) is 11.9. The summed E-state index contributed by atoms with van der Waals surface area (Å²) in [5.41, 5.74) is 1.85. The summed E-state index contributed by atoms with van der Waals surface area (Å²) in [6, 6.07) is 18.9. The highest BCUT2D eigenvalue weighted by atomic mass is 19.1. The number of halogens is 1. The van der Waals surface area contributed by atoms with Crippen LogP contribution in [0.3, 0.4) is 0 Å². The average Bonchev–Trinajstić information content (AvgIpc) is 3.17. The predicted octanol–water partition coefficient (Wildman–Crippen LogP) is 4.87. The molecule has 37 heavy (non-hydrogen) atoms. The number of likely N-dealkylation sites (tertiary alicyclic amines) is 1. The number of ether oxygens (including phenoxy) is 3. The summed E-state index contributed by atoms with van der Waals surface area (Å²) in [6.45, 7) is 3.03. The zero-order chi connectivity index (χ0) is 26.4. The molecule has 1 unspecified atom stereocenters. The van der Waals surface area contributed by atoms with Gasteiger partial charge < -0.3 is 24.2 Å². The highest BCUT2D eigenvalue weighted by molar-refractivity contribution is 6.46. The van der Waals surface area contributed by atoms with Crippen LogP contribution in [0.2, 0.25) is 0 Å². The van der Waals surface area contributed by atoms with Crippen LogP contribution >= 0.6 is 0 Å². The van der Waals surface area contributed by atoms with E-state index in [9.17, 15) is 19.1 Å². The second kappa shape index (κ2) is 11.7. The molecule has 0 radical (unpaired) electrons. The van der Waals surface area contributed by atoms with Crippen LogP contribution in [-0.2, 0) is 20.9 Å². The summed E-state index contributed by atoms with van der Waals surface area (Å²) in [6.07, 6.45) is 0. The maximum absolute atomic E-state index is 13.1. The molecule has 192 valence electrons. The van der Waals surface area contributed by atoms with Crippen molar-refractivity contribution in [2.24, 2.45) is 0 Å². The van der Waals surface area contributed by atoms with Gasteiger partial charge in [-0.05, 0) is 66.6 Å². The van der Waals surface area contributed by atoms with Gasteiger partial charge in [-0.2, -0.15) is 0 Å². The van der Waals surface area contributed by atoms with Gasteiger partial charge in [0, 0.05) is 19.2 Å². The lowest BCUT2D eigenvalue weighted by Crippen LogP contribution is -2.32. The molecule has 0 aliphatic carbocycles. The third kappa shape index (κ3) is 5.81. The van der Waals surface area contributed by atoms with Crippen molar-refractivity contribution < 1.29 is 33.3 Å². The molecule has 3 aromatic carbocycles. The normalized spacial score (nSPS) is 16.7. The largest absolute Gasteiger partial charge is 0.507 e. The first-order chi connectivity index (χ1) is 17.9. The first-order valence-electron chi connectivity index (χ1n) is 11.9. The molecule has 4 rings (SSSR count). The molecule has 1 heterocycles. The molecule has 7 nitrogen and oxygen atoms in total. The van der Waals surface area contributed by atoms with E-state index in [1.807, 2.05) is 6.92 Å². The number of carbonyl (C=O) groups is 2. The van der Waals surface area contributed by atoms with Gasteiger partial charge in [-0.15, -0.1) is 0 Å². The van der Waals surface area contributed by atoms with Crippen LogP contribution in [0.1, 0.15) is 29.7 Å². The van der Waals surface area contributed by atoms with Crippen LogP contribution in [0.5, 0.6) is 11.5 Å². The van der Waals surface area contributed by atoms with Crippen molar-refractivity contribution in [3.05, 3.63) is 101 Å². The minimum Gasteiger partial charge on any atom is -0.507 e. The number of hydrogen-bond donors (Lipinski definition) is 1. The van der Waals surface area contributed by atoms with Crippen molar-refractivity contribution in [1.82, 2.24) is 4.90 Å². The standard InChI is InChI=1S/C29H28FNO6/c1-3-36-23-14-8-21(9-15-23)27(32)25-26(31(16-17-35-2)29(34)28(25)33)20-6-12-24(13-7-20)37-18-19-4-10-22(30)11-5-19/h4-15,26,32H,3,16-18H2,1-2H3/b27-25-. The number of methoxy groups -OCH3 is 1. The van der Waals surface area contributed by atoms with E-state index in [1.165, 1.54) is 24.1 Å². The number of benzene rings is 3. The average molecular weight is 506 g/mol. The van der Waals surface area contributed by atoms with Gasteiger partial charge in [0.05, 0.1) is 24.8 Å². The fraction of sp³-hybridized carbons (Fsp3) is 0.241. The molecule has 0 aromatic heterocycles.